The first-order valence-corrected chi connectivity index (χ1v) is 6.69. The molecule has 0 radical (unpaired) electrons. The topological polar surface area (TPSA) is 26.3 Å². The van der Waals surface area contributed by atoms with Crippen molar-refractivity contribution in [2.45, 2.75) is 45.1 Å². The maximum atomic E-state index is 11.9. The van der Waals surface area contributed by atoms with E-state index in [1.54, 1.807) is 0 Å². The third-order valence-electron chi connectivity index (χ3n) is 2.65. The van der Waals surface area contributed by atoms with E-state index >= 15 is 0 Å². The predicted molar refractivity (Wildman–Crippen MR) is 71.3 cm³/mol. The summed E-state index contributed by atoms with van der Waals surface area (Å²) in [6, 6.07) is 5.70. The second-order valence-electron chi connectivity index (χ2n) is 5.51. The Morgan fingerprint density at radius 1 is 1.35 bits per heavy atom. The highest BCUT2D eigenvalue weighted by Gasteiger charge is 2.27. The quantitative estimate of drug-likeness (QED) is 0.761. The Labute approximate surface area is 110 Å². The third-order valence-corrected chi connectivity index (χ3v) is 3.37. The van der Waals surface area contributed by atoms with Crippen molar-refractivity contribution in [1.82, 2.24) is 0 Å². The van der Waals surface area contributed by atoms with E-state index in [0.29, 0.717) is 11.5 Å². The van der Waals surface area contributed by atoms with Gasteiger partial charge in [-0.2, -0.15) is 0 Å². The molecule has 3 heteroatoms. The molecule has 0 amide bonds. The second-order valence-corrected chi connectivity index (χ2v) is 6.37. The molecule has 17 heavy (non-hydrogen) atoms. The average Bonchev–Trinajstić information content (AvgIpc) is 2.99. The molecule has 0 unspecified atom stereocenters. The number of hydrogen-bond acceptors (Lipinski definition) is 2. The molecule has 1 aliphatic carbocycles. The monoisotopic (exact) mass is 296 g/mol. The lowest BCUT2D eigenvalue weighted by Gasteiger charge is -2.19. The van der Waals surface area contributed by atoms with Crippen molar-refractivity contribution in [3.8, 4) is 0 Å². The minimum Gasteiger partial charge on any atom is -0.456 e. The molecule has 1 fully saturated rings. The summed E-state index contributed by atoms with van der Waals surface area (Å²) in [5, 5.41) is 0. The van der Waals surface area contributed by atoms with Gasteiger partial charge in [0.15, 0.2) is 0 Å². The van der Waals surface area contributed by atoms with Crippen molar-refractivity contribution >= 4 is 21.9 Å². The first-order valence-electron chi connectivity index (χ1n) is 5.89. The zero-order valence-electron chi connectivity index (χ0n) is 10.4. The van der Waals surface area contributed by atoms with Gasteiger partial charge < -0.3 is 4.74 Å². The Balaban J connectivity index is 2.21. The number of carbonyl (C=O) groups is 1. The van der Waals surface area contributed by atoms with Crippen molar-refractivity contribution in [3.05, 3.63) is 33.8 Å². The van der Waals surface area contributed by atoms with Crippen molar-refractivity contribution in [1.29, 1.82) is 0 Å². The first-order chi connectivity index (χ1) is 7.87. The number of hydrogen-bond donors (Lipinski definition) is 0. The number of esters is 1. The zero-order valence-corrected chi connectivity index (χ0v) is 12.0. The Morgan fingerprint density at radius 3 is 2.53 bits per heavy atom. The van der Waals surface area contributed by atoms with Gasteiger partial charge in [-0.15, -0.1) is 0 Å². The number of halogens is 1. The number of rotatable bonds is 2. The fourth-order valence-corrected chi connectivity index (χ4v) is 2.29. The van der Waals surface area contributed by atoms with Crippen LogP contribution >= 0.6 is 15.9 Å². The number of carbonyl (C=O) groups excluding carboxylic acids is 1. The molecule has 1 aromatic rings. The molecule has 0 atom stereocenters. The van der Waals surface area contributed by atoms with Gasteiger partial charge in [-0.3, -0.25) is 0 Å². The molecule has 1 aromatic carbocycles. The molecular weight excluding hydrogens is 280 g/mol. The van der Waals surface area contributed by atoms with Gasteiger partial charge in [0.05, 0.1) is 5.56 Å². The smallest absolute Gasteiger partial charge is 0.338 e. The Kier molecular flexibility index (Phi) is 3.30. The van der Waals surface area contributed by atoms with Gasteiger partial charge in [-0.25, -0.2) is 4.79 Å². The first kappa shape index (κ1) is 12.6. The normalized spacial score (nSPS) is 15.8. The summed E-state index contributed by atoms with van der Waals surface area (Å²) in [5.41, 5.74) is 1.43. The summed E-state index contributed by atoms with van der Waals surface area (Å²) in [6.07, 6.45) is 2.44. The summed E-state index contributed by atoms with van der Waals surface area (Å²) >= 11 is 3.53. The highest BCUT2D eigenvalue weighted by molar-refractivity contribution is 9.10. The fraction of sp³-hybridized carbons (Fsp3) is 0.500. The Hall–Kier alpha value is -0.830. The summed E-state index contributed by atoms with van der Waals surface area (Å²) in [6.45, 7) is 5.64. The minimum absolute atomic E-state index is 0.244. The zero-order chi connectivity index (χ0) is 12.6. The van der Waals surface area contributed by atoms with Crippen LogP contribution in [0.3, 0.4) is 0 Å². The SMILES string of the molecule is CC(C)(C)OC(=O)c1ccc(Br)c(C2CC2)c1. The highest BCUT2D eigenvalue weighted by Crippen LogP contribution is 2.43. The van der Waals surface area contributed by atoms with Crippen molar-refractivity contribution in [3.63, 3.8) is 0 Å². The molecule has 0 aliphatic heterocycles. The van der Waals surface area contributed by atoms with Gasteiger partial charge in [0.2, 0.25) is 0 Å². The van der Waals surface area contributed by atoms with Crippen LogP contribution in [0.15, 0.2) is 22.7 Å². The Morgan fingerprint density at radius 2 is 2.00 bits per heavy atom. The van der Waals surface area contributed by atoms with E-state index in [2.05, 4.69) is 15.9 Å². The fourth-order valence-electron chi connectivity index (χ4n) is 1.71. The van der Waals surface area contributed by atoms with Crippen LogP contribution in [-0.4, -0.2) is 11.6 Å². The van der Waals surface area contributed by atoms with Crippen LogP contribution in [-0.2, 0) is 4.74 Å². The molecule has 2 nitrogen and oxygen atoms in total. The van der Waals surface area contributed by atoms with Crippen LogP contribution < -0.4 is 0 Å². The van der Waals surface area contributed by atoms with E-state index in [4.69, 9.17) is 4.74 Å². The summed E-state index contributed by atoms with van der Waals surface area (Å²) in [5.74, 6) is 0.374. The molecular formula is C14H17BrO2. The molecule has 1 aliphatic rings. The van der Waals surface area contributed by atoms with Crippen LogP contribution in [0.1, 0.15) is 55.5 Å². The minimum atomic E-state index is -0.441. The molecule has 0 spiro atoms. The highest BCUT2D eigenvalue weighted by atomic mass is 79.9. The van der Waals surface area contributed by atoms with Crippen LogP contribution in [0.4, 0.5) is 0 Å². The summed E-state index contributed by atoms with van der Waals surface area (Å²) < 4.78 is 6.45. The van der Waals surface area contributed by atoms with Crippen LogP contribution in [0.2, 0.25) is 0 Å². The number of benzene rings is 1. The molecule has 2 rings (SSSR count). The third kappa shape index (κ3) is 3.32. The molecule has 92 valence electrons. The van der Waals surface area contributed by atoms with Crippen molar-refractivity contribution in [2.24, 2.45) is 0 Å². The van der Waals surface area contributed by atoms with Crippen LogP contribution in [0, 0.1) is 0 Å². The van der Waals surface area contributed by atoms with E-state index in [0.717, 1.165) is 4.47 Å². The van der Waals surface area contributed by atoms with Crippen molar-refractivity contribution in [2.75, 3.05) is 0 Å². The molecule has 0 heterocycles. The number of ether oxygens (including phenoxy) is 1. The van der Waals surface area contributed by atoms with Crippen LogP contribution in [0.5, 0.6) is 0 Å². The molecule has 0 saturated heterocycles. The predicted octanol–water partition coefficient (Wildman–Crippen LogP) is 4.28. The van der Waals surface area contributed by atoms with E-state index in [1.165, 1.54) is 18.4 Å². The average molecular weight is 297 g/mol. The Bertz CT molecular complexity index is 442. The van der Waals surface area contributed by atoms with Gasteiger partial charge in [0, 0.05) is 4.47 Å². The standard InChI is InChI=1S/C14H17BrO2/c1-14(2,3)17-13(16)10-6-7-12(15)11(8-10)9-4-5-9/h6-9H,4-5H2,1-3H3. The molecule has 0 bridgehead atoms. The maximum absolute atomic E-state index is 11.9. The van der Waals surface area contributed by atoms with Gasteiger partial charge in [0.25, 0.3) is 0 Å². The summed E-state index contributed by atoms with van der Waals surface area (Å²) in [4.78, 5) is 11.9. The summed E-state index contributed by atoms with van der Waals surface area (Å²) in [7, 11) is 0. The van der Waals surface area contributed by atoms with Gasteiger partial charge in [0.1, 0.15) is 5.60 Å². The molecule has 1 saturated carbocycles. The van der Waals surface area contributed by atoms with Gasteiger partial charge in [-0.1, -0.05) is 15.9 Å². The van der Waals surface area contributed by atoms with Crippen LogP contribution in [0.25, 0.3) is 0 Å². The van der Waals surface area contributed by atoms with Gasteiger partial charge >= 0.3 is 5.97 Å². The van der Waals surface area contributed by atoms with E-state index in [1.807, 2.05) is 39.0 Å². The second kappa shape index (κ2) is 4.45. The largest absolute Gasteiger partial charge is 0.456 e. The lowest BCUT2D eigenvalue weighted by Crippen LogP contribution is -2.23. The lowest BCUT2D eigenvalue weighted by atomic mass is 10.1. The lowest BCUT2D eigenvalue weighted by molar-refractivity contribution is 0.00694. The van der Waals surface area contributed by atoms with Crippen molar-refractivity contribution < 1.29 is 9.53 Å². The van der Waals surface area contributed by atoms with E-state index in [9.17, 15) is 4.79 Å². The maximum Gasteiger partial charge on any atom is 0.338 e. The molecule has 0 N–H and O–H groups in total. The van der Waals surface area contributed by atoms with Gasteiger partial charge in [-0.05, 0) is 63.3 Å². The van der Waals surface area contributed by atoms with E-state index in [-0.39, 0.29) is 5.97 Å². The van der Waals surface area contributed by atoms with E-state index < -0.39 is 5.60 Å². The molecule has 0 aromatic heterocycles.